The van der Waals surface area contributed by atoms with Gasteiger partial charge in [0.1, 0.15) is 12.0 Å². The highest BCUT2D eigenvalue weighted by Crippen LogP contribution is 2.25. The van der Waals surface area contributed by atoms with Crippen LogP contribution in [0, 0.1) is 5.92 Å². The van der Waals surface area contributed by atoms with Crippen molar-refractivity contribution < 1.29 is 4.74 Å². The third-order valence-electron chi connectivity index (χ3n) is 2.76. The van der Waals surface area contributed by atoms with Gasteiger partial charge in [-0.25, -0.2) is 4.98 Å². The first kappa shape index (κ1) is 11.4. The van der Waals surface area contributed by atoms with Crippen LogP contribution in [-0.2, 0) is 4.74 Å². The van der Waals surface area contributed by atoms with Crippen LogP contribution < -0.4 is 11.1 Å². The van der Waals surface area contributed by atoms with E-state index in [-0.39, 0.29) is 6.23 Å². The Morgan fingerprint density at radius 2 is 2.44 bits per heavy atom. The van der Waals surface area contributed by atoms with Gasteiger partial charge in [-0.15, -0.1) is 0 Å². The Morgan fingerprint density at radius 3 is 3.12 bits per heavy atom. The van der Waals surface area contributed by atoms with E-state index in [0.29, 0.717) is 17.8 Å². The molecule has 3 N–H and O–H groups in total. The first-order valence-corrected chi connectivity index (χ1v) is 5.75. The molecule has 0 saturated carbocycles. The van der Waals surface area contributed by atoms with Crippen LogP contribution in [0.1, 0.15) is 32.1 Å². The molecule has 88 valence electrons. The number of nitrogens with one attached hydrogen (secondary N) is 1. The molecule has 0 amide bonds. The number of hydrogen-bond donors (Lipinski definition) is 2. The number of rotatable bonds is 3. The number of aromatic nitrogens is 1. The molecule has 0 radical (unpaired) electrons. The summed E-state index contributed by atoms with van der Waals surface area (Å²) < 4.78 is 5.70. The molecule has 16 heavy (non-hydrogen) atoms. The highest BCUT2D eigenvalue weighted by atomic mass is 16.5. The summed E-state index contributed by atoms with van der Waals surface area (Å²) in [6.45, 7) is 5.18. The van der Waals surface area contributed by atoms with E-state index in [1.807, 2.05) is 12.1 Å². The SMILES string of the molecule is CC(C)CC1COC(c2cccnc2N)N1. The molecule has 2 atom stereocenters. The summed E-state index contributed by atoms with van der Waals surface area (Å²) in [5, 5.41) is 3.44. The topological polar surface area (TPSA) is 60.2 Å². The first-order valence-electron chi connectivity index (χ1n) is 5.75. The lowest BCUT2D eigenvalue weighted by molar-refractivity contribution is 0.101. The quantitative estimate of drug-likeness (QED) is 0.815. The molecule has 2 rings (SSSR count). The highest BCUT2D eigenvalue weighted by molar-refractivity contribution is 5.40. The smallest absolute Gasteiger partial charge is 0.138 e. The van der Waals surface area contributed by atoms with Gasteiger partial charge in [0.05, 0.1) is 6.61 Å². The number of nitrogens with zero attached hydrogens (tertiary/aromatic N) is 1. The van der Waals surface area contributed by atoms with Gasteiger partial charge < -0.3 is 10.5 Å². The van der Waals surface area contributed by atoms with E-state index in [1.54, 1.807) is 6.20 Å². The van der Waals surface area contributed by atoms with Crippen molar-refractivity contribution in [2.24, 2.45) is 5.92 Å². The third kappa shape index (κ3) is 2.51. The fourth-order valence-corrected chi connectivity index (χ4v) is 2.06. The van der Waals surface area contributed by atoms with Gasteiger partial charge in [-0.2, -0.15) is 0 Å². The molecule has 0 aromatic carbocycles. The summed E-state index contributed by atoms with van der Waals surface area (Å²) in [6.07, 6.45) is 2.72. The van der Waals surface area contributed by atoms with Crippen LogP contribution in [0.3, 0.4) is 0 Å². The Balaban J connectivity index is 2.01. The minimum absolute atomic E-state index is 0.0996. The van der Waals surface area contributed by atoms with Crippen molar-refractivity contribution in [1.82, 2.24) is 10.3 Å². The summed E-state index contributed by atoms with van der Waals surface area (Å²) >= 11 is 0. The zero-order chi connectivity index (χ0) is 11.5. The Labute approximate surface area is 96.2 Å². The summed E-state index contributed by atoms with van der Waals surface area (Å²) in [7, 11) is 0. The lowest BCUT2D eigenvalue weighted by atomic mass is 10.0. The van der Waals surface area contributed by atoms with E-state index in [1.165, 1.54) is 0 Å². The van der Waals surface area contributed by atoms with Crippen molar-refractivity contribution in [2.45, 2.75) is 32.5 Å². The van der Waals surface area contributed by atoms with Gasteiger partial charge in [-0.3, -0.25) is 5.32 Å². The molecule has 1 aromatic rings. The van der Waals surface area contributed by atoms with E-state index in [9.17, 15) is 0 Å². The fourth-order valence-electron chi connectivity index (χ4n) is 2.06. The third-order valence-corrected chi connectivity index (χ3v) is 2.76. The zero-order valence-corrected chi connectivity index (χ0v) is 9.81. The Morgan fingerprint density at radius 1 is 1.62 bits per heavy atom. The van der Waals surface area contributed by atoms with E-state index in [2.05, 4.69) is 24.1 Å². The molecular weight excluding hydrogens is 202 g/mol. The average Bonchev–Trinajstić information content (AvgIpc) is 2.66. The lowest BCUT2D eigenvalue weighted by Gasteiger charge is -2.14. The molecule has 1 fully saturated rings. The van der Waals surface area contributed by atoms with Crippen LogP contribution in [0.2, 0.25) is 0 Å². The molecular formula is C12H19N3O. The number of ether oxygens (including phenoxy) is 1. The predicted octanol–water partition coefficient (Wildman–Crippen LogP) is 1.70. The van der Waals surface area contributed by atoms with Crippen LogP contribution in [0.15, 0.2) is 18.3 Å². The van der Waals surface area contributed by atoms with Crippen molar-refractivity contribution in [3.63, 3.8) is 0 Å². The van der Waals surface area contributed by atoms with Crippen molar-refractivity contribution >= 4 is 5.82 Å². The predicted molar refractivity (Wildman–Crippen MR) is 63.7 cm³/mol. The molecule has 2 unspecified atom stereocenters. The summed E-state index contributed by atoms with van der Waals surface area (Å²) in [4.78, 5) is 4.07. The summed E-state index contributed by atoms with van der Waals surface area (Å²) in [6, 6.07) is 4.26. The molecule has 4 heteroatoms. The molecule has 1 aliphatic heterocycles. The maximum absolute atomic E-state index is 5.82. The normalized spacial score (nSPS) is 25.2. The minimum atomic E-state index is -0.0996. The standard InChI is InChI=1S/C12H19N3O/c1-8(2)6-9-7-16-12(15-9)10-4-3-5-14-11(10)13/h3-5,8-9,12,15H,6-7H2,1-2H3,(H2,13,14). The molecule has 1 aromatic heterocycles. The molecule has 0 aliphatic carbocycles. The van der Waals surface area contributed by atoms with Gasteiger partial charge in [0, 0.05) is 17.8 Å². The van der Waals surface area contributed by atoms with Gasteiger partial charge >= 0.3 is 0 Å². The first-order chi connectivity index (χ1) is 7.66. The Bertz CT molecular complexity index is 354. The number of nitrogen functional groups attached to an aromatic ring is 1. The van der Waals surface area contributed by atoms with Crippen LogP contribution in [0.5, 0.6) is 0 Å². The number of anilines is 1. The second-order valence-electron chi connectivity index (χ2n) is 4.68. The van der Waals surface area contributed by atoms with Crippen LogP contribution in [-0.4, -0.2) is 17.6 Å². The molecule has 2 heterocycles. The summed E-state index contributed by atoms with van der Waals surface area (Å²) in [5.41, 5.74) is 6.75. The summed E-state index contributed by atoms with van der Waals surface area (Å²) in [5.74, 6) is 1.22. The van der Waals surface area contributed by atoms with Gasteiger partial charge in [-0.1, -0.05) is 13.8 Å². The van der Waals surface area contributed by atoms with Gasteiger partial charge in [0.2, 0.25) is 0 Å². The average molecular weight is 221 g/mol. The van der Waals surface area contributed by atoms with E-state index in [0.717, 1.165) is 18.6 Å². The number of pyridine rings is 1. The minimum Gasteiger partial charge on any atom is -0.383 e. The van der Waals surface area contributed by atoms with Crippen molar-refractivity contribution in [3.05, 3.63) is 23.9 Å². The number of hydrogen-bond acceptors (Lipinski definition) is 4. The maximum Gasteiger partial charge on any atom is 0.138 e. The van der Waals surface area contributed by atoms with E-state index >= 15 is 0 Å². The lowest BCUT2D eigenvalue weighted by Crippen LogP contribution is -2.27. The van der Waals surface area contributed by atoms with Crippen molar-refractivity contribution in [2.75, 3.05) is 12.3 Å². The van der Waals surface area contributed by atoms with Crippen LogP contribution >= 0.6 is 0 Å². The molecule has 4 nitrogen and oxygen atoms in total. The van der Waals surface area contributed by atoms with Gasteiger partial charge in [-0.05, 0) is 24.5 Å². The Hall–Kier alpha value is -1.13. The molecule has 1 saturated heterocycles. The highest BCUT2D eigenvalue weighted by Gasteiger charge is 2.27. The van der Waals surface area contributed by atoms with E-state index < -0.39 is 0 Å². The zero-order valence-electron chi connectivity index (χ0n) is 9.81. The van der Waals surface area contributed by atoms with Crippen LogP contribution in [0.25, 0.3) is 0 Å². The second-order valence-corrected chi connectivity index (χ2v) is 4.68. The maximum atomic E-state index is 5.82. The molecule has 0 spiro atoms. The van der Waals surface area contributed by atoms with Gasteiger partial charge in [0.15, 0.2) is 0 Å². The van der Waals surface area contributed by atoms with E-state index in [4.69, 9.17) is 10.5 Å². The van der Waals surface area contributed by atoms with Crippen molar-refractivity contribution in [3.8, 4) is 0 Å². The molecule has 1 aliphatic rings. The fraction of sp³-hybridized carbons (Fsp3) is 0.583. The monoisotopic (exact) mass is 221 g/mol. The Kier molecular flexibility index (Phi) is 3.41. The second kappa shape index (κ2) is 4.80. The number of nitrogens with two attached hydrogens (primary N) is 1. The van der Waals surface area contributed by atoms with Crippen LogP contribution in [0.4, 0.5) is 5.82 Å². The van der Waals surface area contributed by atoms with Crippen molar-refractivity contribution in [1.29, 1.82) is 0 Å². The largest absolute Gasteiger partial charge is 0.383 e. The van der Waals surface area contributed by atoms with Gasteiger partial charge in [0.25, 0.3) is 0 Å². The molecule has 0 bridgehead atoms.